The van der Waals surface area contributed by atoms with Gasteiger partial charge in [-0.25, -0.2) is 9.79 Å². The van der Waals surface area contributed by atoms with Gasteiger partial charge in [-0.1, -0.05) is 11.6 Å². The zero-order valence-electron chi connectivity index (χ0n) is 15.9. The SMILES string of the molecule is COc1ccc(C2=N/C(=C/c3ccc(-c4cc(C(F)(F)F)ccc4Cl)o3)C(=O)O2)cc1. The Labute approximate surface area is 179 Å². The summed E-state index contributed by atoms with van der Waals surface area (Å²) in [6.45, 7) is 0. The molecule has 0 spiro atoms. The molecule has 9 heteroatoms. The van der Waals surface area contributed by atoms with Crippen molar-refractivity contribution in [3.05, 3.63) is 82.2 Å². The second-order valence-electron chi connectivity index (χ2n) is 6.46. The number of furan rings is 1. The highest BCUT2D eigenvalue weighted by Crippen LogP contribution is 2.36. The molecule has 5 nitrogen and oxygen atoms in total. The molecule has 0 amide bonds. The van der Waals surface area contributed by atoms with E-state index < -0.39 is 17.7 Å². The summed E-state index contributed by atoms with van der Waals surface area (Å²) in [7, 11) is 1.53. The van der Waals surface area contributed by atoms with Crippen LogP contribution >= 0.6 is 11.6 Å². The van der Waals surface area contributed by atoms with Gasteiger partial charge in [-0.15, -0.1) is 0 Å². The lowest BCUT2D eigenvalue weighted by atomic mass is 10.1. The molecule has 2 aromatic carbocycles. The van der Waals surface area contributed by atoms with Crippen LogP contribution < -0.4 is 4.74 Å². The summed E-state index contributed by atoms with van der Waals surface area (Å²) in [5, 5.41) is 0.0987. The third kappa shape index (κ3) is 4.34. The van der Waals surface area contributed by atoms with E-state index in [4.69, 9.17) is 25.5 Å². The zero-order valence-corrected chi connectivity index (χ0v) is 16.6. The van der Waals surface area contributed by atoms with Crippen LogP contribution in [0.25, 0.3) is 17.4 Å². The summed E-state index contributed by atoms with van der Waals surface area (Å²) >= 11 is 6.04. The number of halogens is 4. The van der Waals surface area contributed by atoms with Crippen LogP contribution in [0.1, 0.15) is 16.9 Å². The van der Waals surface area contributed by atoms with Crippen LogP contribution in [0.3, 0.4) is 0 Å². The predicted molar refractivity (Wildman–Crippen MR) is 108 cm³/mol. The van der Waals surface area contributed by atoms with Crippen molar-refractivity contribution in [3.8, 4) is 17.1 Å². The van der Waals surface area contributed by atoms with Gasteiger partial charge in [0, 0.05) is 17.2 Å². The van der Waals surface area contributed by atoms with E-state index in [-0.39, 0.29) is 33.7 Å². The Morgan fingerprint density at radius 2 is 1.81 bits per heavy atom. The molecule has 0 aliphatic carbocycles. The summed E-state index contributed by atoms with van der Waals surface area (Å²) in [6, 6.07) is 12.7. The number of cyclic esters (lactones) is 1. The van der Waals surface area contributed by atoms with E-state index in [1.807, 2.05) is 0 Å². The lowest BCUT2D eigenvalue weighted by Gasteiger charge is -2.09. The molecule has 0 saturated carbocycles. The smallest absolute Gasteiger partial charge is 0.416 e. The van der Waals surface area contributed by atoms with Crippen LogP contribution in [0, 0.1) is 0 Å². The van der Waals surface area contributed by atoms with E-state index in [1.165, 1.54) is 25.3 Å². The van der Waals surface area contributed by atoms with Gasteiger partial charge >= 0.3 is 12.1 Å². The first kappa shape index (κ1) is 20.7. The van der Waals surface area contributed by atoms with Crippen LogP contribution in [0.2, 0.25) is 5.02 Å². The molecule has 0 bridgehead atoms. The maximum absolute atomic E-state index is 13.0. The summed E-state index contributed by atoms with van der Waals surface area (Å²) in [4.78, 5) is 16.3. The largest absolute Gasteiger partial charge is 0.497 e. The molecule has 1 aliphatic rings. The predicted octanol–water partition coefficient (Wildman–Crippen LogP) is 5.97. The lowest BCUT2D eigenvalue weighted by molar-refractivity contribution is -0.137. The van der Waals surface area contributed by atoms with Crippen LogP contribution in [0.4, 0.5) is 13.2 Å². The number of nitrogens with zero attached hydrogens (tertiary/aromatic N) is 1. The number of alkyl halides is 3. The number of aliphatic imine (C=N–C) groups is 1. The number of hydrogen-bond donors (Lipinski definition) is 0. The first-order chi connectivity index (χ1) is 14.7. The first-order valence-corrected chi connectivity index (χ1v) is 9.26. The molecule has 1 aliphatic heterocycles. The van der Waals surface area contributed by atoms with Gasteiger partial charge in [0.25, 0.3) is 0 Å². The van der Waals surface area contributed by atoms with Crippen molar-refractivity contribution in [2.24, 2.45) is 4.99 Å². The van der Waals surface area contributed by atoms with Gasteiger partial charge in [0.2, 0.25) is 5.90 Å². The number of methoxy groups -OCH3 is 1. The van der Waals surface area contributed by atoms with Gasteiger partial charge in [0.1, 0.15) is 17.3 Å². The average molecular weight is 448 g/mol. The Bertz CT molecular complexity index is 1210. The number of hydrogen-bond acceptors (Lipinski definition) is 5. The third-order valence-electron chi connectivity index (χ3n) is 4.42. The van der Waals surface area contributed by atoms with Gasteiger partial charge in [0.15, 0.2) is 5.70 Å². The monoisotopic (exact) mass is 447 g/mol. The molecular formula is C22H13ClF3NO4. The van der Waals surface area contributed by atoms with Crippen LogP contribution in [-0.4, -0.2) is 19.0 Å². The van der Waals surface area contributed by atoms with Crippen molar-refractivity contribution in [1.29, 1.82) is 0 Å². The van der Waals surface area contributed by atoms with Crippen molar-refractivity contribution in [1.82, 2.24) is 0 Å². The van der Waals surface area contributed by atoms with Crippen molar-refractivity contribution in [2.45, 2.75) is 6.18 Å². The molecule has 0 unspecified atom stereocenters. The fourth-order valence-electron chi connectivity index (χ4n) is 2.87. The molecule has 4 rings (SSSR count). The highest BCUT2D eigenvalue weighted by molar-refractivity contribution is 6.33. The highest BCUT2D eigenvalue weighted by atomic mass is 35.5. The molecule has 0 fully saturated rings. The molecule has 0 N–H and O–H groups in total. The average Bonchev–Trinajstić information content (AvgIpc) is 3.35. The number of carbonyl (C=O) groups excluding carboxylic acids is 1. The molecule has 31 heavy (non-hydrogen) atoms. The minimum Gasteiger partial charge on any atom is -0.497 e. The van der Waals surface area contributed by atoms with E-state index >= 15 is 0 Å². The number of esters is 1. The van der Waals surface area contributed by atoms with E-state index in [1.54, 1.807) is 24.3 Å². The minimum atomic E-state index is -4.52. The second kappa shape index (κ2) is 7.96. The molecule has 158 valence electrons. The number of carbonyl (C=O) groups is 1. The fraction of sp³-hybridized carbons (Fsp3) is 0.0909. The molecular weight excluding hydrogens is 435 g/mol. The molecule has 0 atom stereocenters. The van der Waals surface area contributed by atoms with Crippen molar-refractivity contribution in [3.63, 3.8) is 0 Å². The Morgan fingerprint density at radius 3 is 2.48 bits per heavy atom. The number of benzene rings is 2. The van der Waals surface area contributed by atoms with Gasteiger partial charge < -0.3 is 13.9 Å². The quantitative estimate of drug-likeness (QED) is 0.365. The summed E-state index contributed by atoms with van der Waals surface area (Å²) in [5.74, 6) is 0.400. The Hall–Kier alpha value is -3.52. The maximum atomic E-state index is 13.0. The third-order valence-corrected chi connectivity index (χ3v) is 4.75. The fourth-order valence-corrected chi connectivity index (χ4v) is 3.08. The van der Waals surface area contributed by atoms with Crippen molar-refractivity contribution in [2.75, 3.05) is 7.11 Å². The standard InChI is InChI=1S/C22H13ClF3NO4/c1-29-14-5-2-12(3-6-14)20-27-18(21(28)31-20)11-15-7-9-19(30-15)16-10-13(22(24,25)26)4-8-17(16)23/h2-11H,1H3/b18-11+. The zero-order chi connectivity index (χ0) is 22.2. The molecule has 0 saturated heterocycles. The number of rotatable bonds is 4. The summed E-state index contributed by atoms with van der Waals surface area (Å²) in [6.07, 6.45) is -3.18. The Kier molecular flexibility index (Phi) is 5.32. The molecule has 3 aromatic rings. The van der Waals surface area contributed by atoms with Gasteiger partial charge in [-0.3, -0.25) is 0 Å². The normalized spacial score (nSPS) is 15.2. The van der Waals surface area contributed by atoms with E-state index in [2.05, 4.69) is 4.99 Å². The lowest BCUT2D eigenvalue weighted by Crippen LogP contribution is -2.05. The summed E-state index contributed by atoms with van der Waals surface area (Å²) < 4.78 is 54.8. The van der Waals surface area contributed by atoms with Crippen molar-refractivity contribution >= 4 is 29.5 Å². The van der Waals surface area contributed by atoms with Crippen LogP contribution in [0.15, 0.2) is 69.7 Å². The highest BCUT2D eigenvalue weighted by Gasteiger charge is 2.31. The van der Waals surface area contributed by atoms with E-state index in [0.29, 0.717) is 11.3 Å². The molecule has 2 heterocycles. The summed E-state index contributed by atoms with van der Waals surface area (Å²) in [5.41, 5.74) is -0.204. The van der Waals surface area contributed by atoms with Gasteiger partial charge in [-0.2, -0.15) is 13.2 Å². The first-order valence-electron chi connectivity index (χ1n) is 8.88. The Morgan fingerprint density at radius 1 is 1.06 bits per heavy atom. The van der Waals surface area contributed by atoms with Crippen molar-refractivity contribution < 1.29 is 31.9 Å². The topological polar surface area (TPSA) is 61.0 Å². The van der Waals surface area contributed by atoms with Gasteiger partial charge in [-0.05, 0) is 54.6 Å². The van der Waals surface area contributed by atoms with Crippen LogP contribution in [0.5, 0.6) is 5.75 Å². The minimum absolute atomic E-state index is 0.0122. The number of ether oxygens (including phenoxy) is 2. The van der Waals surface area contributed by atoms with E-state index in [9.17, 15) is 18.0 Å². The van der Waals surface area contributed by atoms with Crippen LogP contribution in [-0.2, 0) is 15.7 Å². The maximum Gasteiger partial charge on any atom is 0.416 e. The van der Waals surface area contributed by atoms with E-state index in [0.717, 1.165) is 18.2 Å². The van der Waals surface area contributed by atoms with Gasteiger partial charge in [0.05, 0.1) is 17.7 Å². The second-order valence-corrected chi connectivity index (χ2v) is 6.87. The Balaban J connectivity index is 1.62. The molecule has 1 aromatic heterocycles. The molecule has 0 radical (unpaired) electrons.